The number of carboxylic acids is 1. The minimum absolute atomic E-state index is 0.129. The number of nitrogens with zero attached hydrogens (tertiary/aromatic N) is 4. The van der Waals surface area contributed by atoms with Crippen LogP contribution in [0.5, 0.6) is 0 Å². The lowest BCUT2D eigenvalue weighted by atomic mass is 10.1. The van der Waals surface area contributed by atoms with E-state index in [0.717, 1.165) is 16.1 Å². The quantitative estimate of drug-likeness (QED) is 0.447. The predicted molar refractivity (Wildman–Crippen MR) is 123 cm³/mol. The van der Waals surface area contributed by atoms with E-state index in [1.807, 2.05) is 6.92 Å². The largest absolute Gasteiger partial charge is 0.478 e. The lowest BCUT2D eigenvalue weighted by Crippen LogP contribution is -2.27. The van der Waals surface area contributed by atoms with Crippen LogP contribution >= 0.6 is 11.6 Å². The molecule has 0 unspecified atom stereocenters. The molecule has 0 aliphatic carbocycles. The number of carbonyl (C=O) groups is 1. The highest BCUT2D eigenvalue weighted by atomic mass is 35.5. The highest BCUT2D eigenvalue weighted by Gasteiger charge is 2.17. The van der Waals surface area contributed by atoms with Gasteiger partial charge in [0.05, 0.1) is 18.0 Å². The standard InChI is InChI=1S/C20H21ClN6O4S/c1-12-6-7-13(19(28)29)9-16(12)25-20-24-11-15(21)17(26-20)23-10-14-5-4-8-22-18(14)27(2)32(3,30)31/h4-9,11H,10H2,1-3H3,(H,28,29)(H2,23,24,25,26). The van der Waals surface area contributed by atoms with Crippen LogP contribution in [-0.2, 0) is 16.6 Å². The van der Waals surface area contributed by atoms with Gasteiger partial charge in [0, 0.05) is 31.0 Å². The summed E-state index contributed by atoms with van der Waals surface area (Å²) in [5.41, 5.74) is 2.11. The number of benzene rings is 1. The minimum atomic E-state index is -3.49. The Morgan fingerprint density at radius 3 is 2.69 bits per heavy atom. The first-order valence-electron chi connectivity index (χ1n) is 9.31. The number of pyridine rings is 1. The lowest BCUT2D eigenvalue weighted by Gasteiger charge is -2.19. The predicted octanol–water partition coefficient (Wildman–Crippen LogP) is 3.28. The summed E-state index contributed by atoms with van der Waals surface area (Å²) in [7, 11) is -2.06. The average Bonchev–Trinajstić information content (AvgIpc) is 2.74. The number of sulfonamides is 1. The summed E-state index contributed by atoms with van der Waals surface area (Å²) < 4.78 is 24.9. The average molecular weight is 477 g/mol. The molecule has 0 fully saturated rings. The molecule has 2 aromatic heterocycles. The third-order valence-corrected chi connectivity index (χ3v) is 6.03. The van der Waals surface area contributed by atoms with Crippen molar-refractivity contribution >= 4 is 50.9 Å². The molecule has 32 heavy (non-hydrogen) atoms. The molecule has 0 aliphatic rings. The summed E-state index contributed by atoms with van der Waals surface area (Å²) in [4.78, 5) is 23.9. The Morgan fingerprint density at radius 1 is 1.25 bits per heavy atom. The van der Waals surface area contributed by atoms with Crippen molar-refractivity contribution in [1.82, 2.24) is 15.0 Å². The van der Waals surface area contributed by atoms with E-state index < -0.39 is 16.0 Å². The van der Waals surface area contributed by atoms with Crippen molar-refractivity contribution in [3.8, 4) is 0 Å². The van der Waals surface area contributed by atoms with Gasteiger partial charge in [0.25, 0.3) is 0 Å². The summed E-state index contributed by atoms with van der Waals surface area (Å²) in [5.74, 6) is -0.235. The Kier molecular flexibility index (Phi) is 6.80. The first kappa shape index (κ1) is 23.2. The normalized spacial score (nSPS) is 11.1. The van der Waals surface area contributed by atoms with Gasteiger partial charge in [-0.1, -0.05) is 23.7 Å². The molecular weight excluding hydrogens is 456 g/mol. The molecule has 12 heteroatoms. The molecule has 10 nitrogen and oxygen atoms in total. The second kappa shape index (κ2) is 9.37. The summed E-state index contributed by atoms with van der Waals surface area (Å²) in [6.07, 6.45) is 4.01. The zero-order valence-corrected chi connectivity index (χ0v) is 19.1. The number of aromatic nitrogens is 3. The van der Waals surface area contributed by atoms with Crippen LogP contribution in [0.15, 0.2) is 42.7 Å². The van der Waals surface area contributed by atoms with Crippen molar-refractivity contribution in [1.29, 1.82) is 0 Å². The van der Waals surface area contributed by atoms with Crippen LogP contribution < -0.4 is 14.9 Å². The molecule has 168 valence electrons. The van der Waals surface area contributed by atoms with E-state index in [4.69, 9.17) is 11.6 Å². The Labute approximate surface area is 190 Å². The van der Waals surface area contributed by atoms with E-state index in [1.165, 1.54) is 31.6 Å². The number of hydrogen-bond donors (Lipinski definition) is 3. The van der Waals surface area contributed by atoms with E-state index >= 15 is 0 Å². The summed E-state index contributed by atoms with van der Waals surface area (Å²) in [6.45, 7) is 2.03. The topological polar surface area (TPSA) is 137 Å². The van der Waals surface area contributed by atoms with Gasteiger partial charge >= 0.3 is 5.97 Å². The lowest BCUT2D eigenvalue weighted by molar-refractivity contribution is 0.0697. The number of nitrogens with one attached hydrogen (secondary N) is 2. The van der Waals surface area contributed by atoms with Gasteiger partial charge in [0.15, 0.2) is 5.82 Å². The van der Waals surface area contributed by atoms with Gasteiger partial charge in [0.1, 0.15) is 10.8 Å². The zero-order valence-electron chi connectivity index (χ0n) is 17.5. The van der Waals surface area contributed by atoms with E-state index in [0.29, 0.717) is 17.1 Å². The molecule has 0 bridgehead atoms. The molecule has 3 N–H and O–H groups in total. The van der Waals surface area contributed by atoms with Crippen LogP contribution in [0.1, 0.15) is 21.5 Å². The smallest absolute Gasteiger partial charge is 0.335 e. The molecule has 2 heterocycles. The summed E-state index contributed by atoms with van der Waals surface area (Å²) in [6, 6.07) is 8.13. The summed E-state index contributed by atoms with van der Waals surface area (Å²) in [5, 5.41) is 15.5. The van der Waals surface area contributed by atoms with E-state index in [9.17, 15) is 18.3 Å². The second-order valence-corrected chi connectivity index (χ2v) is 9.34. The molecule has 0 saturated heterocycles. The number of anilines is 4. The Hall–Kier alpha value is -3.44. The molecule has 0 radical (unpaired) electrons. The van der Waals surface area contributed by atoms with Crippen LogP contribution in [0.4, 0.5) is 23.3 Å². The molecule has 1 aromatic carbocycles. The van der Waals surface area contributed by atoms with Gasteiger partial charge in [-0.2, -0.15) is 4.98 Å². The number of halogens is 1. The van der Waals surface area contributed by atoms with Gasteiger partial charge in [-0.05, 0) is 30.7 Å². The maximum absolute atomic E-state index is 11.9. The fourth-order valence-corrected chi connectivity index (χ4v) is 3.39. The first-order chi connectivity index (χ1) is 15.1. The number of aryl methyl sites for hydroxylation is 1. The van der Waals surface area contributed by atoms with Crippen LogP contribution in [-0.4, -0.2) is 47.7 Å². The Bertz CT molecular complexity index is 1270. The molecule has 0 atom stereocenters. The first-order valence-corrected chi connectivity index (χ1v) is 11.5. The molecule has 3 rings (SSSR count). The van der Waals surface area contributed by atoms with Crippen molar-refractivity contribution in [2.24, 2.45) is 0 Å². The van der Waals surface area contributed by atoms with Crippen molar-refractivity contribution < 1.29 is 18.3 Å². The molecule has 0 saturated carbocycles. The third kappa shape index (κ3) is 5.42. The molecule has 3 aromatic rings. The highest BCUT2D eigenvalue weighted by molar-refractivity contribution is 7.92. The van der Waals surface area contributed by atoms with Crippen molar-refractivity contribution in [3.05, 3.63) is 64.4 Å². The van der Waals surface area contributed by atoms with Crippen molar-refractivity contribution in [3.63, 3.8) is 0 Å². The zero-order chi connectivity index (χ0) is 23.5. The van der Waals surface area contributed by atoms with Gasteiger partial charge < -0.3 is 15.7 Å². The Morgan fingerprint density at radius 2 is 2.00 bits per heavy atom. The minimum Gasteiger partial charge on any atom is -0.478 e. The van der Waals surface area contributed by atoms with Crippen molar-refractivity contribution in [2.75, 3.05) is 28.2 Å². The molecule has 0 amide bonds. The summed E-state index contributed by atoms with van der Waals surface area (Å²) >= 11 is 6.22. The van der Waals surface area contributed by atoms with E-state index in [2.05, 4.69) is 25.6 Å². The SMILES string of the molecule is Cc1ccc(C(=O)O)cc1Nc1ncc(Cl)c(NCc2cccnc2N(C)S(C)(=O)=O)n1. The third-order valence-electron chi connectivity index (χ3n) is 4.58. The van der Waals surface area contributed by atoms with Crippen LogP contribution in [0.25, 0.3) is 0 Å². The fourth-order valence-electron chi connectivity index (χ4n) is 2.75. The number of hydrogen-bond acceptors (Lipinski definition) is 8. The number of carboxylic acid groups (broad SMARTS) is 1. The molecule has 0 aliphatic heterocycles. The van der Waals surface area contributed by atoms with Gasteiger partial charge in [-0.25, -0.2) is 23.2 Å². The van der Waals surface area contributed by atoms with Crippen LogP contribution in [0, 0.1) is 6.92 Å². The molecular formula is C20H21ClN6O4S. The second-order valence-electron chi connectivity index (χ2n) is 6.92. The number of aromatic carboxylic acids is 1. The Balaban J connectivity index is 1.83. The highest BCUT2D eigenvalue weighted by Crippen LogP contribution is 2.25. The van der Waals surface area contributed by atoms with Crippen LogP contribution in [0.2, 0.25) is 5.02 Å². The van der Waals surface area contributed by atoms with E-state index in [-0.39, 0.29) is 28.9 Å². The van der Waals surface area contributed by atoms with E-state index in [1.54, 1.807) is 18.2 Å². The maximum atomic E-state index is 11.9. The van der Waals surface area contributed by atoms with Crippen molar-refractivity contribution in [2.45, 2.75) is 13.5 Å². The van der Waals surface area contributed by atoms with Crippen LogP contribution in [0.3, 0.4) is 0 Å². The van der Waals surface area contributed by atoms with Gasteiger partial charge in [-0.3, -0.25) is 4.31 Å². The fraction of sp³-hybridized carbons (Fsp3) is 0.200. The monoisotopic (exact) mass is 476 g/mol. The maximum Gasteiger partial charge on any atom is 0.335 e. The molecule has 0 spiro atoms. The van der Waals surface area contributed by atoms with Gasteiger partial charge in [-0.15, -0.1) is 0 Å². The van der Waals surface area contributed by atoms with Gasteiger partial charge in [0.2, 0.25) is 16.0 Å². The number of rotatable bonds is 8.